The molecule has 0 aliphatic carbocycles. The molecule has 1 heterocycles. The number of nitrogens with one attached hydrogen (secondary N) is 3. The first-order valence-electron chi connectivity index (χ1n) is 6.79. The molecule has 1 aliphatic rings. The highest BCUT2D eigenvalue weighted by atomic mass is 16.2. The van der Waals surface area contributed by atoms with Crippen molar-refractivity contribution in [3.63, 3.8) is 0 Å². The SMILES string of the molecule is NCCNC(=O)c1ccccc1NC(=O)[C@@H]1CCC(=O)N1. The minimum atomic E-state index is -0.544. The summed E-state index contributed by atoms with van der Waals surface area (Å²) >= 11 is 0. The van der Waals surface area contributed by atoms with Crippen molar-refractivity contribution in [2.45, 2.75) is 18.9 Å². The van der Waals surface area contributed by atoms with Crippen LogP contribution in [-0.2, 0) is 9.59 Å². The van der Waals surface area contributed by atoms with Crippen LogP contribution >= 0.6 is 0 Å². The maximum absolute atomic E-state index is 12.1. The van der Waals surface area contributed by atoms with Crippen molar-refractivity contribution in [1.82, 2.24) is 10.6 Å². The Morgan fingerprint density at radius 1 is 1.33 bits per heavy atom. The largest absolute Gasteiger partial charge is 0.351 e. The average Bonchev–Trinajstić information content (AvgIpc) is 2.92. The van der Waals surface area contributed by atoms with Crippen molar-refractivity contribution < 1.29 is 14.4 Å². The summed E-state index contributed by atoms with van der Waals surface area (Å²) in [6.07, 6.45) is 0.808. The molecule has 1 fully saturated rings. The molecular weight excluding hydrogens is 272 g/mol. The lowest BCUT2D eigenvalue weighted by Gasteiger charge is -2.14. The van der Waals surface area contributed by atoms with Crippen LogP contribution in [0.25, 0.3) is 0 Å². The number of carbonyl (C=O) groups is 3. The van der Waals surface area contributed by atoms with Crippen LogP contribution in [0.4, 0.5) is 5.69 Å². The lowest BCUT2D eigenvalue weighted by atomic mass is 10.1. The van der Waals surface area contributed by atoms with Gasteiger partial charge in [-0.1, -0.05) is 12.1 Å². The van der Waals surface area contributed by atoms with Crippen LogP contribution in [0.2, 0.25) is 0 Å². The predicted molar refractivity (Wildman–Crippen MR) is 77.6 cm³/mol. The second-order valence-electron chi connectivity index (χ2n) is 4.74. The highest BCUT2D eigenvalue weighted by Crippen LogP contribution is 2.16. The molecule has 2 rings (SSSR count). The Bertz CT molecular complexity index is 559. The molecule has 1 aromatic carbocycles. The lowest BCUT2D eigenvalue weighted by Crippen LogP contribution is -2.38. The minimum absolute atomic E-state index is 0.135. The number of benzene rings is 1. The van der Waals surface area contributed by atoms with Crippen LogP contribution in [0, 0.1) is 0 Å². The second-order valence-corrected chi connectivity index (χ2v) is 4.74. The van der Waals surface area contributed by atoms with E-state index < -0.39 is 6.04 Å². The maximum atomic E-state index is 12.1. The maximum Gasteiger partial charge on any atom is 0.253 e. The molecule has 0 unspecified atom stereocenters. The summed E-state index contributed by atoms with van der Waals surface area (Å²) in [7, 11) is 0. The monoisotopic (exact) mass is 290 g/mol. The highest BCUT2D eigenvalue weighted by Gasteiger charge is 2.27. The number of carbonyl (C=O) groups excluding carboxylic acids is 3. The smallest absolute Gasteiger partial charge is 0.253 e. The van der Waals surface area contributed by atoms with Crippen molar-refractivity contribution in [2.24, 2.45) is 5.73 Å². The van der Waals surface area contributed by atoms with E-state index in [0.29, 0.717) is 37.2 Å². The summed E-state index contributed by atoms with van der Waals surface area (Å²) in [4.78, 5) is 35.2. The number of nitrogens with two attached hydrogens (primary N) is 1. The molecule has 7 nitrogen and oxygen atoms in total. The first kappa shape index (κ1) is 15.0. The van der Waals surface area contributed by atoms with E-state index in [1.807, 2.05) is 0 Å². The second kappa shape index (κ2) is 6.85. The van der Waals surface area contributed by atoms with E-state index >= 15 is 0 Å². The summed E-state index contributed by atoms with van der Waals surface area (Å²) in [5, 5.41) is 7.93. The lowest BCUT2D eigenvalue weighted by molar-refractivity contribution is -0.122. The fraction of sp³-hybridized carbons (Fsp3) is 0.357. The van der Waals surface area contributed by atoms with E-state index in [-0.39, 0.29) is 17.7 Å². The zero-order chi connectivity index (χ0) is 15.2. The Balaban J connectivity index is 2.07. The van der Waals surface area contributed by atoms with Gasteiger partial charge in [0, 0.05) is 19.5 Å². The van der Waals surface area contributed by atoms with Gasteiger partial charge in [0.2, 0.25) is 11.8 Å². The first-order valence-corrected chi connectivity index (χ1v) is 6.79. The van der Waals surface area contributed by atoms with E-state index in [1.54, 1.807) is 24.3 Å². The van der Waals surface area contributed by atoms with Crippen molar-refractivity contribution in [1.29, 1.82) is 0 Å². The molecule has 3 amide bonds. The number of rotatable bonds is 5. The van der Waals surface area contributed by atoms with Gasteiger partial charge in [-0.25, -0.2) is 0 Å². The van der Waals surface area contributed by atoms with Gasteiger partial charge in [-0.15, -0.1) is 0 Å². The molecule has 1 saturated heterocycles. The number of para-hydroxylation sites is 1. The summed E-state index contributed by atoms with van der Waals surface area (Å²) < 4.78 is 0. The molecule has 0 radical (unpaired) electrons. The molecule has 1 aliphatic heterocycles. The van der Waals surface area contributed by atoms with Gasteiger partial charge < -0.3 is 21.7 Å². The minimum Gasteiger partial charge on any atom is -0.351 e. The number of hydrogen-bond acceptors (Lipinski definition) is 4. The summed E-state index contributed by atoms with van der Waals surface area (Å²) in [5.74, 6) is -0.754. The third-order valence-corrected chi connectivity index (χ3v) is 3.17. The summed E-state index contributed by atoms with van der Waals surface area (Å²) in [6, 6.07) is 6.16. The van der Waals surface area contributed by atoms with Crippen LogP contribution < -0.4 is 21.7 Å². The van der Waals surface area contributed by atoms with Gasteiger partial charge in [-0.3, -0.25) is 14.4 Å². The number of amides is 3. The molecule has 1 atom stereocenters. The molecule has 0 bridgehead atoms. The van der Waals surface area contributed by atoms with Crippen LogP contribution in [0.1, 0.15) is 23.2 Å². The fourth-order valence-electron chi connectivity index (χ4n) is 2.10. The molecule has 5 N–H and O–H groups in total. The predicted octanol–water partition coefficient (Wildman–Crippen LogP) is -0.408. The van der Waals surface area contributed by atoms with Crippen molar-refractivity contribution in [3.05, 3.63) is 29.8 Å². The Morgan fingerprint density at radius 2 is 2.10 bits per heavy atom. The third kappa shape index (κ3) is 3.79. The quantitative estimate of drug-likeness (QED) is 0.590. The molecule has 1 aromatic rings. The van der Waals surface area contributed by atoms with Gasteiger partial charge in [0.1, 0.15) is 6.04 Å². The van der Waals surface area contributed by atoms with Crippen LogP contribution in [-0.4, -0.2) is 36.9 Å². The van der Waals surface area contributed by atoms with Crippen molar-refractivity contribution >= 4 is 23.4 Å². The first-order chi connectivity index (χ1) is 10.1. The highest BCUT2D eigenvalue weighted by molar-refractivity contribution is 6.05. The van der Waals surface area contributed by atoms with Crippen molar-refractivity contribution in [3.8, 4) is 0 Å². The molecule has 0 saturated carbocycles. The topological polar surface area (TPSA) is 113 Å². The molecule has 0 aromatic heterocycles. The Hall–Kier alpha value is -2.41. The zero-order valence-electron chi connectivity index (χ0n) is 11.5. The molecule has 7 heteroatoms. The van der Waals surface area contributed by atoms with E-state index in [4.69, 9.17) is 5.73 Å². The standard InChI is InChI=1S/C14H18N4O3/c15-7-8-16-13(20)9-3-1-2-4-10(9)18-14(21)11-5-6-12(19)17-11/h1-4,11H,5-8,15H2,(H,16,20)(H,17,19)(H,18,21)/t11-/m0/s1. The number of hydrogen-bond donors (Lipinski definition) is 4. The molecule has 112 valence electrons. The van der Waals surface area contributed by atoms with E-state index in [9.17, 15) is 14.4 Å². The van der Waals surface area contributed by atoms with Gasteiger partial charge in [0.25, 0.3) is 5.91 Å². The van der Waals surface area contributed by atoms with Gasteiger partial charge in [-0.2, -0.15) is 0 Å². The number of anilines is 1. The van der Waals surface area contributed by atoms with Crippen LogP contribution in [0.3, 0.4) is 0 Å². The third-order valence-electron chi connectivity index (χ3n) is 3.17. The fourth-order valence-corrected chi connectivity index (χ4v) is 2.10. The van der Waals surface area contributed by atoms with Gasteiger partial charge in [0.05, 0.1) is 11.3 Å². The normalized spacial score (nSPS) is 17.2. The zero-order valence-corrected chi connectivity index (χ0v) is 11.5. The molecular formula is C14H18N4O3. The van der Waals surface area contributed by atoms with E-state index in [0.717, 1.165) is 0 Å². The Morgan fingerprint density at radius 3 is 2.76 bits per heavy atom. The average molecular weight is 290 g/mol. The van der Waals surface area contributed by atoms with Gasteiger partial charge in [0.15, 0.2) is 0 Å². The van der Waals surface area contributed by atoms with Crippen molar-refractivity contribution in [2.75, 3.05) is 18.4 Å². The van der Waals surface area contributed by atoms with Gasteiger partial charge in [-0.05, 0) is 18.6 Å². The van der Waals surface area contributed by atoms with Crippen LogP contribution in [0.5, 0.6) is 0 Å². The summed E-state index contributed by atoms with van der Waals surface area (Å²) in [6.45, 7) is 0.703. The summed E-state index contributed by atoms with van der Waals surface area (Å²) in [5.41, 5.74) is 6.12. The Kier molecular flexibility index (Phi) is 4.89. The molecule has 21 heavy (non-hydrogen) atoms. The molecule has 0 spiro atoms. The van der Waals surface area contributed by atoms with E-state index in [2.05, 4.69) is 16.0 Å². The Labute approximate surface area is 122 Å². The van der Waals surface area contributed by atoms with Gasteiger partial charge >= 0.3 is 0 Å². The van der Waals surface area contributed by atoms with Crippen LogP contribution in [0.15, 0.2) is 24.3 Å². The van der Waals surface area contributed by atoms with E-state index in [1.165, 1.54) is 0 Å².